The van der Waals surface area contributed by atoms with E-state index in [-0.39, 0.29) is 0 Å². The van der Waals surface area contributed by atoms with Gasteiger partial charge in [0.1, 0.15) is 17.6 Å². The molecule has 2 aromatic rings. The summed E-state index contributed by atoms with van der Waals surface area (Å²) < 4.78 is 5.80. The highest BCUT2D eigenvalue weighted by atomic mass is 35.5. The zero-order valence-corrected chi connectivity index (χ0v) is 13.0. The summed E-state index contributed by atoms with van der Waals surface area (Å²) in [4.78, 5) is 0. The zero-order chi connectivity index (χ0) is 15.2. The van der Waals surface area contributed by atoms with Gasteiger partial charge in [0.2, 0.25) is 0 Å². The van der Waals surface area contributed by atoms with Crippen molar-refractivity contribution in [1.82, 2.24) is 0 Å². The van der Waals surface area contributed by atoms with Gasteiger partial charge in [0.15, 0.2) is 0 Å². The molecule has 0 fully saturated rings. The molecule has 1 atom stereocenters. The molecular weight excluding hydrogens is 282 g/mol. The van der Waals surface area contributed by atoms with Crippen molar-refractivity contribution in [3.05, 3.63) is 59.2 Å². The molecule has 0 aliphatic carbocycles. The molecule has 0 amide bonds. The lowest BCUT2D eigenvalue weighted by molar-refractivity contribution is 0.480. The Morgan fingerprint density at radius 3 is 2.48 bits per heavy atom. The van der Waals surface area contributed by atoms with Gasteiger partial charge in [-0.15, -0.1) is 11.6 Å². The molecule has 0 aromatic heterocycles. The lowest BCUT2D eigenvalue weighted by Crippen LogP contribution is -1.93. The third-order valence-corrected chi connectivity index (χ3v) is 3.92. The summed E-state index contributed by atoms with van der Waals surface area (Å²) in [6.07, 6.45) is 1.11. The molecule has 2 rings (SSSR count). The summed E-state index contributed by atoms with van der Waals surface area (Å²) >= 11 is 5.78. The topological polar surface area (TPSA) is 33.0 Å². The first-order valence-electron chi connectivity index (χ1n) is 7.04. The molecule has 0 spiro atoms. The molecule has 108 valence electrons. The van der Waals surface area contributed by atoms with Crippen LogP contribution in [0.4, 0.5) is 0 Å². The second kappa shape index (κ2) is 7.15. The molecule has 3 heteroatoms. The lowest BCUT2D eigenvalue weighted by Gasteiger charge is -2.11. The maximum absolute atomic E-state index is 9.19. The Kier molecular flexibility index (Phi) is 5.25. The molecule has 0 N–H and O–H groups in total. The molecule has 1 unspecified atom stereocenters. The first-order chi connectivity index (χ1) is 10.2. The van der Waals surface area contributed by atoms with Crippen LogP contribution in [0, 0.1) is 11.3 Å². The van der Waals surface area contributed by atoms with Crippen LogP contribution in [0.1, 0.15) is 42.9 Å². The summed E-state index contributed by atoms with van der Waals surface area (Å²) in [6, 6.07) is 15.6. The van der Waals surface area contributed by atoms with E-state index in [1.165, 1.54) is 5.56 Å². The molecule has 2 aromatic carbocycles. The largest absolute Gasteiger partial charge is 0.456 e. The molecule has 0 aliphatic heterocycles. The third-order valence-electron chi connectivity index (χ3n) is 3.61. The monoisotopic (exact) mass is 299 g/mol. The zero-order valence-electron chi connectivity index (χ0n) is 12.3. The number of nitriles is 1. The predicted octanol–water partition coefficient (Wildman–Crippen LogP) is 5.60. The summed E-state index contributed by atoms with van der Waals surface area (Å²) in [6.45, 7) is 4.38. The lowest BCUT2D eigenvalue weighted by atomic mass is 9.99. The standard InChI is InChI=1S/C18H18ClNO/c1-3-13(2)15-5-7-17(8-6-15)21-18-9-4-14(11-19)10-16(18)12-20/h4-10,13H,3,11H2,1-2H3. The first-order valence-corrected chi connectivity index (χ1v) is 7.58. The minimum absolute atomic E-state index is 0.387. The molecule has 0 radical (unpaired) electrons. The van der Waals surface area contributed by atoms with Gasteiger partial charge in [-0.05, 0) is 47.7 Å². The van der Waals surface area contributed by atoms with Crippen molar-refractivity contribution in [3.8, 4) is 17.6 Å². The number of ether oxygens (including phenoxy) is 1. The van der Waals surface area contributed by atoms with E-state index in [0.29, 0.717) is 23.1 Å². The average molecular weight is 300 g/mol. The van der Waals surface area contributed by atoms with Crippen LogP contribution in [0.15, 0.2) is 42.5 Å². The van der Waals surface area contributed by atoms with Gasteiger partial charge in [0.05, 0.1) is 5.56 Å². The van der Waals surface area contributed by atoms with Crippen molar-refractivity contribution >= 4 is 11.6 Å². The number of hydrogen-bond donors (Lipinski definition) is 0. The minimum Gasteiger partial charge on any atom is -0.456 e. The third kappa shape index (κ3) is 3.77. The second-order valence-corrected chi connectivity index (χ2v) is 5.32. The van der Waals surface area contributed by atoms with Gasteiger partial charge in [-0.2, -0.15) is 5.26 Å². The maximum Gasteiger partial charge on any atom is 0.145 e. The van der Waals surface area contributed by atoms with E-state index in [1.54, 1.807) is 12.1 Å². The molecule has 0 heterocycles. The van der Waals surface area contributed by atoms with Crippen molar-refractivity contribution in [3.63, 3.8) is 0 Å². The number of alkyl halides is 1. The summed E-state index contributed by atoms with van der Waals surface area (Å²) in [7, 11) is 0. The fraction of sp³-hybridized carbons (Fsp3) is 0.278. The Hall–Kier alpha value is -1.98. The molecule has 21 heavy (non-hydrogen) atoms. The van der Waals surface area contributed by atoms with E-state index < -0.39 is 0 Å². The molecular formula is C18H18ClNO. The van der Waals surface area contributed by atoms with Gasteiger partial charge in [-0.25, -0.2) is 0 Å². The van der Waals surface area contributed by atoms with Crippen LogP contribution in [-0.2, 0) is 5.88 Å². The van der Waals surface area contributed by atoms with Gasteiger partial charge < -0.3 is 4.74 Å². The normalized spacial score (nSPS) is 11.7. The Bertz CT molecular complexity index is 643. The van der Waals surface area contributed by atoms with Crippen LogP contribution in [0.5, 0.6) is 11.5 Å². The minimum atomic E-state index is 0.387. The van der Waals surface area contributed by atoms with Crippen molar-refractivity contribution in [2.24, 2.45) is 0 Å². The van der Waals surface area contributed by atoms with Crippen molar-refractivity contribution in [2.75, 3.05) is 0 Å². The number of halogens is 1. The van der Waals surface area contributed by atoms with E-state index in [0.717, 1.165) is 17.7 Å². The molecule has 2 nitrogen and oxygen atoms in total. The van der Waals surface area contributed by atoms with Crippen LogP contribution >= 0.6 is 11.6 Å². The van der Waals surface area contributed by atoms with E-state index >= 15 is 0 Å². The van der Waals surface area contributed by atoms with Gasteiger partial charge in [-0.1, -0.05) is 32.0 Å². The Morgan fingerprint density at radius 2 is 1.90 bits per heavy atom. The van der Waals surface area contributed by atoms with Crippen molar-refractivity contribution in [1.29, 1.82) is 5.26 Å². The van der Waals surface area contributed by atoms with E-state index in [1.807, 2.05) is 18.2 Å². The van der Waals surface area contributed by atoms with Crippen molar-refractivity contribution < 1.29 is 4.74 Å². The summed E-state index contributed by atoms with van der Waals surface area (Å²) in [5, 5.41) is 9.19. The Balaban J connectivity index is 2.20. The van der Waals surface area contributed by atoms with Crippen LogP contribution in [0.25, 0.3) is 0 Å². The highest BCUT2D eigenvalue weighted by Gasteiger charge is 2.07. The fourth-order valence-corrected chi connectivity index (χ4v) is 2.23. The van der Waals surface area contributed by atoms with Crippen LogP contribution in [0.3, 0.4) is 0 Å². The Labute approximate surface area is 130 Å². The van der Waals surface area contributed by atoms with E-state index in [4.69, 9.17) is 16.3 Å². The molecule has 0 saturated heterocycles. The van der Waals surface area contributed by atoms with Crippen LogP contribution in [-0.4, -0.2) is 0 Å². The second-order valence-electron chi connectivity index (χ2n) is 5.06. The van der Waals surface area contributed by atoms with Crippen molar-refractivity contribution in [2.45, 2.75) is 32.1 Å². The highest BCUT2D eigenvalue weighted by molar-refractivity contribution is 6.17. The highest BCUT2D eigenvalue weighted by Crippen LogP contribution is 2.28. The van der Waals surface area contributed by atoms with Crippen LogP contribution < -0.4 is 4.74 Å². The van der Waals surface area contributed by atoms with Gasteiger partial charge in [0.25, 0.3) is 0 Å². The van der Waals surface area contributed by atoms with Crippen LogP contribution in [0.2, 0.25) is 0 Å². The first kappa shape index (κ1) is 15.4. The molecule has 0 saturated carbocycles. The van der Waals surface area contributed by atoms with E-state index in [2.05, 4.69) is 32.0 Å². The Morgan fingerprint density at radius 1 is 1.19 bits per heavy atom. The number of rotatable bonds is 5. The smallest absolute Gasteiger partial charge is 0.145 e. The quantitative estimate of drug-likeness (QED) is 0.673. The SMILES string of the molecule is CCC(C)c1ccc(Oc2ccc(CCl)cc2C#N)cc1. The number of benzene rings is 2. The number of nitrogens with zero attached hydrogens (tertiary/aromatic N) is 1. The molecule has 0 bridgehead atoms. The summed E-state index contributed by atoms with van der Waals surface area (Å²) in [5.41, 5.74) is 2.70. The van der Waals surface area contributed by atoms with E-state index in [9.17, 15) is 5.26 Å². The van der Waals surface area contributed by atoms with Gasteiger partial charge in [-0.3, -0.25) is 0 Å². The summed E-state index contributed by atoms with van der Waals surface area (Å²) in [5.74, 6) is 2.22. The molecule has 0 aliphatic rings. The predicted molar refractivity (Wildman–Crippen MR) is 85.9 cm³/mol. The maximum atomic E-state index is 9.19. The van der Waals surface area contributed by atoms with Gasteiger partial charge in [0, 0.05) is 5.88 Å². The average Bonchev–Trinajstić information content (AvgIpc) is 2.55. The fourth-order valence-electron chi connectivity index (χ4n) is 2.06. The number of hydrogen-bond acceptors (Lipinski definition) is 2. The van der Waals surface area contributed by atoms with Gasteiger partial charge >= 0.3 is 0 Å².